The molecule has 1 aromatic carbocycles. The van der Waals surface area contributed by atoms with E-state index in [1.54, 1.807) is 19.1 Å². The normalized spacial score (nSPS) is 10.9. The number of hydrogen-bond donors (Lipinski definition) is 1. The molecular weight excluding hydrogens is 336 g/mol. The first-order chi connectivity index (χ1) is 10.1. The van der Waals surface area contributed by atoms with Crippen LogP contribution >= 0.6 is 15.9 Å². The SMILES string of the molecule is COCCN(CCO)CC(=O)N(C)Cc1ccccc1Br. The Morgan fingerprint density at radius 2 is 2.05 bits per heavy atom. The van der Waals surface area contributed by atoms with Crippen molar-refractivity contribution >= 4 is 21.8 Å². The van der Waals surface area contributed by atoms with E-state index in [1.807, 2.05) is 29.2 Å². The number of aliphatic hydroxyl groups excluding tert-OH is 1. The fraction of sp³-hybridized carbons (Fsp3) is 0.533. The van der Waals surface area contributed by atoms with Crippen LogP contribution in [-0.4, -0.2) is 67.8 Å². The number of carbonyl (C=O) groups excluding carboxylic acids is 1. The van der Waals surface area contributed by atoms with Crippen LogP contribution in [-0.2, 0) is 16.1 Å². The minimum absolute atomic E-state index is 0.0234. The number of likely N-dealkylation sites (N-methyl/N-ethyl adjacent to an activating group) is 1. The van der Waals surface area contributed by atoms with Gasteiger partial charge in [0.15, 0.2) is 0 Å². The van der Waals surface area contributed by atoms with E-state index in [2.05, 4.69) is 15.9 Å². The first-order valence-electron chi connectivity index (χ1n) is 6.88. The fourth-order valence-electron chi connectivity index (χ4n) is 1.91. The summed E-state index contributed by atoms with van der Waals surface area (Å²) in [5.74, 6) is 0.0234. The second-order valence-corrected chi connectivity index (χ2v) is 5.69. The standard InChI is InChI=1S/C15H23BrN2O3/c1-17(11-13-5-3-4-6-14(13)16)15(20)12-18(7-9-19)8-10-21-2/h3-6,19H,7-12H2,1-2H3. The third kappa shape index (κ3) is 6.56. The van der Waals surface area contributed by atoms with Gasteiger partial charge in [0.2, 0.25) is 5.91 Å². The lowest BCUT2D eigenvalue weighted by atomic mass is 10.2. The number of aliphatic hydroxyl groups is 1. The van der Waals surface area contributed by atoms with Gasteiger partial charge in [0.05, 0.1) is 19.8 Å². The molecule has 0 heterocycles. The highest BCUT2D eigenvalue weighted by Gasteiger charge is 2.15. The third-order valence-corrected chi connectivity index (χ3v) is 3.95. The lowest BCUT2D eigenvalue weighted by Gasteiger charge is -2.24. The summed E-state index contributed by atoms with van der Waals surface area (Å²) in [6, 6.07) is 7.85. The molecule has 1 rings (SSSR count). The van der Waals surface area contributed by atoms with Crippen molar-refractivity contribution < 1.29 is 14.6 Å². The quantitative estimate of drug-likeness (QED) is 0.723. The highest BCUT2D eigenvalue weighted by molar-refractivity contribution is 9.10. The largest absolute Gasteiger partial charge is 0.395 e. The highest BCUT2D eigenvalue weighted by atomic mass is 79.9. The number of amides is 1. The molecule has 0 aliphatic carbocycles. The number of benzene rings is 1. The van der Waals surface area contributed by atoms with Crippen molar-refractivity contribution in [3.05, 3.63) is 34.3 Å². The smallest absolute Gasteiger partial charge is 0.236 e. The number of rotatable bonds is 9. The molecule has 21 heavy (non-hydrogen) atoms. The Morgan fingerprint density at radius 1 is 1.33 bits per heavy atom. The maximum atomic E-state index is 12.3. The summed E-state index contributed by atoms with van der Waals surface area (Å²) >= 11 is 3.49. The second-order valence-electron chi connectivity index (χ2n) is 4.83. The molecule has 0 bridgehead atoms. The van der Waals surface area contributed by atoms with Crippen molar-refractivity contribution in [1.29, 1.82) is 0 Å². The number of ether oxygens (including phenoxy) is 1. The van der Waals surface area contributed by atoms with Gasteiger partial charge in [0.25, 0.3) is 0 Å². The Balaban J connectivity index is 2.54. The van der Waals surface area contributed by atoms with Crippen LogP contribution in [0.25, 0.3) is 0 Å². The van der Waals surface area contributed by atoms with E-state index in [4.69, 9.17) is 9.84 Å². The zero-order valence-corrected chi connectivity index (χ0v) is 14.2. The van der Waals surface area contributed by atoms with Crippen molar-refractivity contribution in [3.63, 3.8) is 0 Å². The molecule has 1 aromatic rings. The van der Waals surface area contributed by atoms with Gasteiger partial charge in [0.1, 0.15) is 0 Å². The maximum Gasteiger partial charge on any atom is 0.236 e. The Hall–Kier alpha value is -0.950. The number of hydrogen-bond acceptors (Lipinski definition) is 4. The van der Waals surface area contributed by atoms with Crippen LogP contribution in [0, 0.1) is 0 Å². The van der Waals surface area contributed by atoms with Crippen molar-refractivity contribution in [1.82, 2.24) is 9.80 Å². The van der Waals surface area contributed by atoms with E-state index in [0.717, 1.165) is 10.0 Å². The molecule has 5 nitrogen and oxygen atoms in total. The van der Waals surface area contributed by atoms with E-state index in [9.17, 15) is 4.79 Å². The Labute approximate surface area is 134 Å². The summed E-state index contributed by atoms with van der Waals surface area (Å²) in [4.78, 5) is 15.8. The van der Waals surface area contributed by atoms with Crippen molar-refractivity contribution in [3.8, 4) is 0 Å². The molecule has 0 aliphatic heterocycles. The molecule has 0 radical (unpaired) electrons. The molecule has 0 spiro atoms. The summed E-state index contributed by atoms with van der Waals surface area (Å²) in [5, 5.41) is 9.05. The topological polar surface area (TPSA) is 53.0 Å². The minimum Gasteiger partial charge on any atom is -0.395 e. The summed E-state index contributed by atoms with van der Waals surface area (Å²) in [5.41, 5.74) is 1.07. The predicted molar refractivity (Wildman–Crippen MR) is 86.0 cm³/mol. The summed E-state index contributed by atoms with van der Waals surface area (Å²) in [6.07, 6.45) is 0. The molecule has 0 atom stereocenters. The van der Waals surface area contributed by atoms with Crippen LogP contribution in [0.15, 0.2) is 28.7 Å². The van der Waals surface area contributed by atoms with Gasteiger partial charge in [-0.1, -0.05) is 34.1 Å². The van der Waals surface area contributed by atoms with Gasteiger partial charge in [-0.05, 0) is 11.6 Å². The number of halogens is 1. The van der Waals surface area contributed by atoms with E-state index >= 15 is 0 Å². The molecule has 118 valence electrons. The molecule has 0 aliphatic rings. The van der Waals surface area contributed by atoms with Gasteiger partial charge in [-0.3, -0.25) is 9.69 Å². The van der Waals surface area contributed by atoms with Gasteiger partial charge in [-0.25, -0.2) is 0 Å². The monoisotopic (exact) mass is 358 g/mol. The van der Waals surface area contributed by atoms with E-state index in [1.165, 1.54) is 0 Å². The van der Waals surface area contributed by atoms with E-state index in [0.29, 0.717) is 26.2 Å². The van der Waals surface area contributed by atoms with Crippen molar-refractivity contribution in [2.45, 2.75) is 6.54 Å². The van der Waals surface area contributed by atoms with E-state index in [-0.39, 0.29) is 19.1 Å². The van der Waals surface area contributed by atoms with Gasteiger partial charge < -0.3 is 14.7 Å². The lowest BCUT2D eigenvalue weighted by molar-refractivity contribution is -0.131. The first-order valence-corrected chi connectivity index (χ1v) is 7.67. The van der Waals surface area contributed by atoms with Gasteiger partial charge in [-0.15, -0.1) is 0 Å². The van der Waals surface area contributed by atoms with E-state index < -0.39 is 0 Å². The minimum atomic E-state index is 0.0234. The van der Waals surface area contributed by atoms with Crippen molar-refractivity contribution in [2.24, 2.45) is 0 Å². The van der Waals surface area contributed by atoms with Crippen LogP contribution in [0.4, 0.5) is 0 Å². The molecule has 0 fully saturated rings. The lowest BCUT2D eigenvalue weighted by Crippen LogP contribution is -2.40. The molecule has 0 saturated heterocycles. The Bertz CT molecular complexity index is 443. The van der Waals surface area contributed by atoms with Crippen molar-refractivity contribution in [2.75, 3.05) is 47.0 Å². The van der Waals surface area contributed by atoms with Gasteiger partial charge in [-0.2, -0.15) is 0 Å². The van der Waals surface area contributed by atoms with Crippen LogP contribution in [0.2, 0.25) is 0 Å². The number of nitrogens with zero attached hydrogens (tertiary/aromatic N) is 2. The number of methoxy groups -OCH3 is 1. The van der Waals surface area contributed by atoms with Crippen LogP contribution in [0.5, 0.6) is 0 Å². The Kier molecular flexibility index (Phi) is 8.52. The summed E-state index contributed by atoms with van der Waals surface area (Å²) in [7, 11) is 3.41. The Morgan fingerprint density at radius 3 is 2.67 bits per heavy atom. The average Bonchev–Trinajstić information content (AvgIpc) is 2.47. The molecule has 0 saturated carbocycles. The zero-order chi connectivity index (χ0) is 15.7. The summed E-state index contributed by atoms with van der Waals surface area (Å²) in [6.45, 7) is 2.51. The third-order valence-electron chi connectivity index (χ3n) is 3.18. The average molecular weight is 359 g/mol. The maximum absolute atomic E-state index is 12.3. The van der Waals surface area contributed by atoms with Crippen LogP contribution < -0.4 is 0 Å². The molecule has 1 amide bonds. The molecule has 0 aromatic heterocycles. The molecular formula is C15H23BrN2O3. The molecule has 6 heteroatoms. The second kappa shape index (κ2) is 9.89. The van der Waals surface area contributed by atoms with Crippen LogP contribution in [0.3, 0.4) is 0 Å². The highest BCUT2D eigenvalue weighted by Crippen LogP contribution is 2.17. The fourth-order valence-corrected chi connectivity index (χ4v) is 2.32. The number of carbonyl (C=O) groups is 1. The zero-order valence-electron chi connectivity index (χ0n) is 12.6. The first kappa shape index (κ1) is 18.1. The molecule has 0 unspecified atom stereocenters. The van der Waals surface area contributed by atoms with Crippen LogP contribution in [0.1, 0.15) is 5.56 Å². The molecule has 1 N–H and O–H groups in total. The summed E-state index contributed by atoms with van der Waals surface area (Å²) < 4.78 is 6.01. The van der Waals surface area contributed by atoms with Gasteiger partial charge >= 0.3 is 0 Å². The van der Waals surface area contributed by atoms with Gasteiger partial charge in [0, 0.05) is 38.3 Å². The predicted octanol–water partition coefficient (Wildman–Crippen LogP) is 1.35.